The predicted octanol–water partition coefficient (Wildman–Crippen LogP) is 3.95. The van der Waals surface area contributed by atoms with Crippen molar-refractivity contribution in [1.82, 2.24) is 9.88 Å². The summed E-state index contributed by atoms with van der Waals surface area (Å²) in [6.07, 6.45) is 4.01. The molecule has 1 aromatic heterocycles. The SMILES string of the molecule is CC1(C)CN(c2cc(C(=O)N3CCCC3)ccn2)C[C@@H]1c1ccccc1. The van der Waals surface area contributed by atoms with Gasteiger partial charge in [-0.2, -0.15) is 0 Å². The summed E-state index contributed by atoms with van der Waals surface area (Å²) in [5, 5.41) is 0. The molecule has 4 nitrogen and oxygen atoms in total. The largest absolute Gasteiger partial charge is 0.355 e. The van der Waals surface area contributed by atoms with Crippen LogP contribution in [0.3, 0.4) is 0 Å². The molecule has 2 aliphatic rings. The van der Waals surface area contributed by atoms with Crippen LogP contribution in [-0.2, 0) is 0 Å². The second-order valence-electron chi connectivity index (χ2n) is 8.23. The van der Waals surface area contributed by atoms with Crippen LogP contribution in [0, 0.1) is 5.41 Å². The number of anilines is 1. The molecule has 1 aromatic carbocycles. The van der Waals surface area contributed by atoms with Crippen molar-refractivity contribution in [3.05, 3.63) is 59.8 Å². The van der Waals surface area contributed by atoms with Gasteiger partial charge in [0.15, 0.2) is 0 Å². The van der Waals surface area contributed by atoms with Crippen molar-refractivity contribution in [1.29, 1.82) is 0 Å². The summed E-state index contributed by atoms with van der Waals surface area (Å²) < 4.78 is 0. The van der Waals surface area contributed by atoms with Crippen molar-refractivity contribution >= 4 is 11.7 Å². The number of carbonyl (C=O) groups is 1. The molecule has 2 aliphatic heterocycles. The standard InChI is InChI=1S/C22H27N3O/c1-22(2)16-25(15-19(22)17-8-4-3-5-9-17)20-14-18(10-11-23-20)21(26)24-12-6-7-13-24/h3-5,8-11,14,19H,6-7,12-13,15-16H2,1-2H3/t19-/m1/s1. The minimum atomic E-state index is 0.143. The number of nitrogens with zero attached hydrogens (tertiary/aromatic N) is 3. The van der Waals surface area contributed by atoms with Gasteiger partial charge in [-0.15, -0.1) is 0 Å². The smallest absolute Gasteiger partial charge is 0.254 e. The van der Waals surface area contributed by atoms with E-state index in [1.165, 1.54) is 5.56 Å². The quantitative estimate of drug-likeness (QED) is 0.842. The van der Waals surface area contributed by atoms with Gasteiger partial charge in [0, 0.05) is 43.9 Å². The van der Waals surface area contributed by atoms with E-state index in [-0.39, 0.29) is 11.3 Å². The molecule has 4 heteroatoms. The number of benzene rings is 1. The lowest BCUT2D eigenvalue weighted by Crippen LogP contribution is -2.28. The molecule has 0 unspecified atom stereocenters. The first-order valence-electron chi connectivity index (χ1n) is 9.60. The second-order valence-corrected chi connectivity index (χ2v) is 8.23. The highest BCUT2D eigenvalue weighted by atomic mass is 16.2. The van der Waals surface area contributed by atoms with Crippen molar-refractivity contribution < 1.29 is 4.79 Å². The van der Waals surface area contributed by atoms with Crippen LogP contribution < -0.4 is 4.90 Å². The van der Waals surface area contributed by atoms with E-state index in [0.29, 0.717) is 5.92 Å². The van der Waals surface area contributed by atoms with Gasteiger partial charge in [0.2, 0.25) is 0 Å². The fourth-order valence-electron chi connectivity index (χ4n) is 4.38. The molecule has 2 fully saturated rings. The zero-order chi connectivity index (χ0) is 18.1. The molecule has 2 saturated heterocycles. The third-order valence-corrected chi connectivity index (χ3v) is 5.86. The zero-order valence-corrected chi connectivity index (χ0v) is 15.7. The number of amides is 1. The number of rotatable bonds is 3. The van der Waals surface area contributed by atoms with Crippen LogP contribution in [0.4, 0.5) is 5.82 Å². The van der Waals surface area contributed by atoms with Gasteiger partial charge in [-0.05, 0) is 36.0 Å². The highest BCUT2D eigenvalue weighted by Crippen LogP contribution is 2.43. The summed E-state index contributed by atoms with van der Waals surface area (Å²) in [6.45, 7) is 8.28. The first-order valence-corrected chi connectivity index (χ1v) is 9.60. The molecule has 136 valence electrons. The van der Waals surface area contributed by atoms with Crippen molar-refractivity contribution in [3.63, 3.8) is 0 Å². The van der Waals surface area contributed by atoms with E-state index in [1.54, 1.807) is 6.20 Å². The Kier molecular flexibility index (Phi) is 4.43. The van der Waals surface area contributed by atoms with E-state index in [4.69, 9.17) is 0 Å². The monoisotopic (exact) mass is 349 g/mol. The Hall–Kier alpha value is -2.36. The number of likely N-dealkylation sites (tertiary alicyclic amines) is 1. The Morgan fingerprint density at radius 3 is 2.58 bits per heavy atom. The molecular formula is C22H27N3O. The summed E-state index contributed by atoms with van der Waals surface area (Å²) in [6, 6.07) is 14.6. The molecule has 0 saturated carbocycles. The highest BCUT2D eigenvalue weighted by molar-refractivity contribution is 5.95. The molecule has 0 radical (unpaired) electrons. The third kappa shape index (κ3) is 3.20. The fourth-order valence-corrected chi connectivity index (χ4v) is 4.38. The van der Waals surface area contributed by atoms with Crippen LogP contribution in [0.1, 0.15) is 48.5 Å². The summed E-state index contributed by atoms with van der Waals surface area (Å²) in [7, 11) is 0. The lowest BCUT2D eigenvalue weighted by molar-refractivity contribution is 0.0792. The Balaban J connectivity index is 1.56. The van der Waals surface area contributed by atoms with Crippen LogP contribution in [0.15, 0.2) is 48.7 Å². The van der Waals surface area contributed by atoms with E-state index in [9.17, 15) is 4.79 Å². The molecule has 1 atom stereocenters. The van der Waals surface area contributed by atoms with Crippen molar-refractivity contribution in [2.24, 2.45) is 5.41 Å². The molecule has 2 aromatic rings. The second kappa shape index (κ2) is 6.75. The van der Waals surface area contributed by atoms with Gasteiger partial charge in [0.1, 0.15) is 5.82 Å². The molecule has 1 amide bonds. The number of aromatic nitrogens is 1. The molecule has 0 spiro atoms. The topological polar surface area (TPSA) is 36.4 Å². The number of hydrogen-bond donors (Lipinski definition) is 0. The van der Waals surface area contributed by atoms with Crippen LogP contribution in [-0.4, -0.2) is 42.0 Å². The molecule has 26 heavy (non-hydrogen) atoms. The van der Waals surface area contributed by atoms with E-state index in [1.807, 2.05) is 17.0 Å². The summed E-state index contributed by atoms with van der Waals surface area (Å²) in [5.41, 5.74) is 2.31. The van der Waals surface area contributed by atoms with Gasteiger partial charge in [-0.25, -0.2) is 4.98 Å². The lowest BCUT2D eigenvalue weighted by atomic mass is 9.78. The molecule has 3 heterocycles. The van der Waals surface area contributed by atoms with E-state index in [2.05, 4.69) is 54.1 Å². The Morgan fingerprint density at radius 2 is 1.85 bits per heavy atom. The van der Waals surface area contributed by atoms with E-state index < -0.39 is 0 Å². The normalized spacial score (nSPS) is 22.0. The minimum Gasteiger partial charge on any atom is -0.355 e. The van der Waals surface area contributed by atoms with Gasteiger partial charge in [-0.1, -0.05) is 44.2 Å². The maximum atomic E-state index is 12.7. The first-order chi connectivity index (χ1) is 12.5. The number of hydrogen-bond acceptors (Lipinski definition) is 3. The number of pyridine rings is 1. The van der Waals surface area contributed by atoms with Crippen LogP contribution in [0.5, 0.6) is 0 Å². The van der Waals surface area contributed by atoms with Crippen LogP contribution in [0.25, 0.3) is 0 Å². The molecule has 4 rings (SSSR count). The average Bonchev–Trinajstić information content (AvgIpc) is 3.29. The van der Waals surface area contributed by atoms with Crippen molar-refractivity contribution in [2.75, 3.05) is 31.1 Å². The first kappa shape index (κ1) is 17.1. The van der Waals surface area contributed by atoms with Gasteiger partial charge in [-0.3, -0.25) is 4.79 Å². The summed E-state index contributed by atoms with van der Waals surface area (Å²) in [5.74, 6) is 1.52. The molecular weight excluding hydrogens is 322 g/mol. The zero-order valence-electron chi connectivity index (χ0n) is 15.7. The molecule has 0 bridgehead atoms. The summed E-state index contributed by atoms with van der Waals surface area (Å²) in [4.78, 5) is 21.6. The minimum absolute atomic E-state index is 0.143. The van der Waals surface area contributed by atoms with Crippen molar-refractivity contribution in [3.8, 4) is 0 Å². The Labute approximate surface area is 155 Å². The van der Waals surface area contributed by atoms with Gasteiger partial charge < -0.3 is 9.80 Å². The highest BCUT2D eigenvalue weighted by Gasteiger charge is 2.40. The number of carbonyl (C=O) groups excluding carboxylic acids is 1. The van der Waals surface area contributed by atoms with Crippen LogP contribution >= 0.6 is 0 Å². The Bertz CT molecular complexity index is 781. The third-order valence-electron chi connectivity index (χ3n) is 5.86. The maximum absolute atomic E-state index is 12.7. The Morgan fingerprint density at radius 1 is 1.12 bits per heavy atom. The van der Waals surface area contributed by atoms with Crippen molar-refractivity contribution in [2.45, 2.75) is 32.6 Å². The summed E-state index contributed by atoms with van der Waals surface area (Å²) >= 11 is 0. The average molecular weight is 349 g/mol. The molecule has 0 aliphatic carbocycles. The maximum Gasteiger partial charge on any atom is 0.254 e. The fraction of sp³-hybridized carbons (Fsp3) is 0.455. The predicted molar refractivity (Wildman–Crippen MR) is 105 cm³/mol. The van der Waals surface area contributed by atoms with Crippen LogP contribution in [0.2, 0.25) is 0 Å². The van der Waals surface area contributed by atoms with E-state index in [0.717, 1.165) is 50.4 Å². The molecule has 0 N–H and O–H groups in total. The lowest BCUT2D eigenvalue weighted by Gasteiger charge is -2.25. The van der Waals surface area contributed by atoms with Gasteiger partial charge in [0.05, 0.1) is 0 Å². The van der Waals surface area contributed by atoms with Gasteiger partial charge >= 0.3 is 0 Å². The van der Waals surface area contributed by atoms with E-state index >= 15 is 0 Å². The van der Waals surface area contributed by atoms with Gasteiger partial charge in [0.25, 0.3) is 5.91 Å².